The molecular weight excluding hydrogens is 408 g/mol. The molecule has 4 aliphatic heterocycles. The summed E-state index contributed by atoms with van der Waals surface area (Å²) in [5.74, 6) is 3.42. The first-order valence-corrected chi connectivity index (χ1v) is 10.9. The van der Waals surface area contributed by atoms with Crippen molar-refractivity contribution in [3.8, 4) is 34.5 Å². The number of phenolic OH excluding ortho intramolecular Hbond substituents is 1. The Kier molecular flexibility index (Phi) is 3.87. The summed E-state index contributed by atoms with van der Waals surface area (Å²) in [5, 5.41) is 10.9. The normalized spacial score (nSPS) is 24.8. The topological polar surface area (TPSA) is 66.4 Å². The number of aromatic hydroxyl groups is 1. The highest BCUT2D eigenvalue weighted by molar-refractivity contribution is 5.74. The Morgan fingerprint density at radius 3 is 2.62 bits per heavy atom. The van der Waals surface area contributed by atoms with Crippen molar-refractivity contribution in [1.29, 1.82) is 0 Å². The third-order valence-corrected chi connectivity index (χ3v) is 6.68. The second-order valence-corrected chi connectivity index (χ2v) is 9.73. The molecule has 0 spiro atoms. The largest absolute Gasteiger partial charge is 0.504 e. The number of ether oxygens (including phenoxy) is 5. The number of hydrogen-bond donors (Lipinski definition) is 1. The summed E-state index contributed by atoms with van der Waals surface area (Å²) >= 11 is 0. The van der Waals surface area contributed by atoms with E-state index >= 15 is 0 Å². The second-order valence-electron chi connectivity index (χ2n) is 9.73. The fraction of sp³-hybridized carbons (Fsp3) is 0.385. The van der Waals surface area contributed by atoms with Crippen LogP contribution in [0, 0.1) is 0 Å². The van der Waals surface area contributed by atoms with Gasteiger partial charge in [0.2, 0.25) is 6.79 Å². The summed E-state index contributed by atoms with van der Waals surface area (Å²) in [5.41, 5.74) is 2.90. The summed E-state index contributed by atoms with van der Waals surface area (Å²) in [6, 6.07) is 5.66. The molecule has 0 aromatic heterocycles. The molecule has 166 valence electrons. The molecule has 6 rings (SSSR count). The highest BCUT2D eigenvalue weighted by Crippen LogP contribution is 2.61. The van der Waals surface area contributed by atoms with Crippen molar-refractivity contribution in [2.24, 2.45) is 0 Å². The van der Waals surface area contributed by atoms with Crippen LogP contribution in [0.2, 0.25) is 0 Å². The van der Waals surface area contributed by atoms with E-state index in [2.05, 4.69) is 19.9 Å². The van der Waals surface area contributed by atoms with Crippen LogP contribution in [0.25, 0.3) is 6.08 Å². The average Bonchev–Trinajstić information content (AvgIpc) is 3.32. The Morgan fingerprint density at radius 1 is 1.06 bits per heavy atom. The fourth-order valence-electron chi connectivity index (χ4n) is 5.04. The Morgan fingerprint density at radius 2 is 1.84 bits per heavy atom. The summed E-state index contributed by atoms with van der Waals surface area (Å²) in [6.45, 7) is 8.74. The van der Waals surface area contributed by atoms with Crippen molar-refractivity contribution in [1.82, 2.24) is 0 Å². The summed E-state index contributed by atoms with van der Waals surface area (Å²) in [7, 11) is 0. The molecule has 0 bridgehead atoms. The van der Waals surface area contributed by atoms with Gasteiger partial charge in [-0.25, -0.2) is 0 Å². The van der Waals surface area contributed by atoms with Crippen LogP contribution in [0.5, 0.6) is 34.5 Å². The van der Waals surface area contributed by atoms with Crippen LogP contribution in [-0.2, 0) is 5.41 Å². The fourth-order valence-corrected chi connectivity index (χ4v) is 5.04. The zero-order valence-electron chi connectivity index (χ0n) is 18.7. The Balaban J connectivity index is 1.53. The number of hydrogen-bond acceptors (Lipinski definition) is 6. The minimum atomic E-state index is -0.499. The van der Waals surface area contributed by atoms with Crippen molar-refractivity contribution in [2.75, 3.05) is 13.4 Å². The summed E-state index contributed by atoms with van der Waals surface area (Å²) in [6.07, 6.45) is 6.59. The smallest absolute Gasteiger partial charge is 0.231 e. The van der Waals surface area contributed by atoms with Crippen molar-refractivity contribution in [3.05, 3.63) is 52.6 Å². The minimum absolute atomic E-state index is 0.0894. The van der Waals surface area contributed by atoms with Crippen molar-refractivity contribution in [3.63, 3.8) is 0 Å². The first-order chi connectivity index (χ1) is 15.3. The molecule has 2 aromatic carbocycles. The van der Waals surface area contributed by atoms with Gasteiger partial charge in [-0.05, 0) is 58.4 Å². The number of phenols is 1. The molecule has 0 fully saturated rings. The van der Waals surface area contributed by atoms with Gasteiger partial charge in [0.1, 0.15) is 29.8 Å². The lowest BCUT2D eigenvalue weighted by atomic mass is 9.70. The molecule has 0 aliphatic carbocycles. The molecule has 4 aliphatic rings. The predicted molar refractivity (Wildman–Crippen MR) is 119 cm³/mol. The zero-order valence-corrected chi connectivity index (χ0v) is 18.7. The van der Waals surface area contributed by atoms with Gasteiger partial charge in [0.25, 0.3) is 0 Å². The first-order valence-electron chi connectivity index (χ1n) is 10.9. The first kappa shape index (κ1) is 19.4. The molecule has 2 aromatic rings. The van der Waals surface area contributed by atoms with Gasteiger partial charge in [-0.3, -0.25) is 0 Å². The lowest BCUT2D eigenvalue weighted by molar-refractivity contribution is 0.0705. The van der Waals surface area contributed by atoms with E-state index in [0.717, 1.165) is 34.6 Å². The molecule has 2 atom stereocenters. The molecule has 1 N–H and O–H groups in total. The van der Waals surface area contributed by atoms with Gasteiger partial charge < -0.3 is 28.8 Å². The van der Waals surface area contributed by atoms with E-state index in [9.17, 15) is 5.11 Å². The van der Waals surface area contributed by atoms with E-state index in [-0.39, 0.29) is 18.6 Å². The Bertz CT molecular complexity index is 1200. The number of allylic oxidation sites excluding steroid dienone is 2. The highest BCUT2D eigenvalue weighted by atomic mass is 16.7. The molecule has 6 heteroatoms. The van der Waals surface area contributed by atoms with E-state index in [1.54, 1.807) is 6.07 Å². The molecule has 32 heavy (non-hydrogen) atoms. The van der Waals surface area contributed by atoms with E-state index in [1.807, 2.05) is 38.1 Å². The van der Waals surface area contributed by atoms with Gasteiger partial charge in [-0.2, -0.15) is 0 Å². The standard InChI is InChI=1S/C26H26O6/c1-14(2)5-8-26-12-28-22-15-6-7-25(3,4)32-23(15)18(27)9-16(22)24(26)31-19-11-21-20(10-17(19)26)29-13-30-21/h5-7,9-11,24,27H,8,12-13H2,1-4H3. The predicted octanol–water partition coefficient (Wildman–Crippen LogP) is 5.43. The number of benzene rings is 2. The second kappa shape index (κ2) is 6.37. The molecule has 2 unspecified atom stereocenters. The van der Waals surface area contributed by atoms with E-state index in [4.69, 9.17) is 23.7 Å². The van der Waals surface area contributed by atoms with Crippen LogP contribution in [-0.4, -0.2) is 24.1 Å². The van der Waals surface area contributed by atoms with Crippen LogP contribution < -0.4 is 23.7 Å². The Hall–Kier alpha value is -3.28. The summed E-state index contributed by atoms with van der Waals surface area (Å²) in [4.78, 5) is 0. The molecule has 6 nitrogen and oxygen atoms in total. The lowest BCUT2D eigenvalue weighted by Gasteiger charge is -2.40. The minimum Gasteiger partial charge on any atom is -0.504 e. The quantitative estimate of drug-likeness (QED) is 0.636. The average molecular weight is 434 g/mol. The maximum Gasteiger partial charge on any atom is 0.231 e. The number of rotatable bonds is 2. The van der Waals surface area contributed by atoms with Crippen LogP contribution in [0.1, 0.15) is 56.9 Å². The molecule has 4 heterocycles. The van der Waals surface area contributed by atoms with Crippen LogP contribution >= 0.6 is 0 Å². The highest BCUT2D eigenvalue weighted by Gasteiger charge is 2.55. The van der Waals surface area contributed by atoms with Gasteiger partial charge in [-0.15, -0.1) is 0 Å². The molecule has 0 radical (unpaired) electrons. The van der Waals surface area contributed by atoms with Crippen molar-refractivity contribution < 1.29 is 28.8 Å². The third kappa shape index (κ3) is 2.65. The molecule has 0 saturated carbocycles. The zero-order chi connectivity index (χ0) is 22.3. The maximum absolute atomic E-state index is 10.9. The van der Waals surface area contributed by atoms with Gasteiger partial charge in [0.15, 0.2) is 23.0 Å². The van der Waals surface area contributed by atoms with Gasteiger partial charge in [0.05, 0.1) is 11.0 Å². The third-order valence-electron chi connectivity index (χ3n) is 6.68. The van der Waals surface area contributed by atoms with Gasteiger partial charge >= 0.3 is 0 Å². The van der Waals surface area contributed by atoms with Gasteiger partial charge in [0, 0.05) is 17.2 Å². The molecular formula is C26H26O6. The SMILES string of the molecule is CC(C)=CCC12COc3c(cc(O)c4c3C=CC(C)(C)O4)C1Oc1cc3c(cc12)OCO3. The number of fused-ring (bicyclic) bond motifs is 8. The van der Waals surface area contributed by atoms with E-state index in [1.165, 1.54) is 5.57 Å². The molecule has 0 amide bonds. The van der Waals surface area contributed by atoms with Crippen molar-refractivity contribution >= 4 is 6.08 Å². The summed E-state index contributed by atoms with van der Waals surface area (Å²) < 4.78 is 30.3. The molecule has 0 saturated heterocycles. The van der Waals surface area contributed by atoms with Crippen LogP contribution in [0.4, 0.5) is 0 Å². The van der Waals surface area contributed by atoms with Crippen LogP contribution in [0.3, 0.4) is 0 Å². The van der Waals surface area contributed by atoms with Crippen LogP contribution in [0.15, 0.2) is 35.9 Å². The van der Waals surface area contributed by atoms with Crippen molar-refractivity contribution in [2.45, 2.75) is 51.2 Å². The lowest BCUT2D eigenvalue weighted by Crippen LogP contribution is -2.41. The maximum atomic E-state index is 10.9. The monoisotopic (exact) mass is 434 g/mol. The van der Waals surface area contributed by atoms with E-state index < -0.39 is 11.0 Å². The van der Waals surface area contributed by atoms with Gasteiger partial charge in [-0.1, -0.05) is 11.6 Å². The van der Waals surface area contributed by atoms with E-state index in [0.29, 0.717) is 23.9 Å². The Labute approximate surface area is 187 Å².